The summed E-state index contributed by atoms with van der Waals surface area (Å²) in [5.41, 5.74) is 9.92. The number of hydrogen-bond acceptors (Lipinski definition) is 0. The van der Waals surface area contributed by atoms with Crippen LogP contribution in [0.3, 0.4) is 0 Å². The Morgan fingerprint density at radius 1 is 0.559 bits per heavy atom. The summed E-state index contributed by atoms with van der Waals surface area (Å²) in [6.07, 6.45) is 17.2. The summed E-state index contributed by atoms with van der Waals surface area (Å²) in [5, 5.41) is 0.248. The van der Waals surface area contributed by atoms with Gasteiger partial charge in [-0.05, 0) is 80.9 Å². The van der Waals surface area contributed by atoms with E-state index in [4.69, 9.17) is 0 Å². The predicted molar refractivity (Wildman–Crippen MR) is 149 cm³/mol. The maximum absolute atomic E-state index is 2.54. The first kappa shape index (κ1) is 22.5. The van der Waals surface area contributed by atoms with Crippen molar-refractivity contribution < 1.29 is 0 Å². The van der Waals surface area contributed by atoms with Crippen LogP contribution >= 0.6 is 7.92 Å². The number of benzene rings is 3. The monoisotopic (exact) mass is 467 g/mol. The van der Waals surface area contributed by atoms with Crippen molar-refractivity contribution in [3.63, 3.8) is 0 Å². The van der Waals surface area contributed by atoms with Gasteiger partial charge in [0.1, 0.15) is 5.16 Å². The molecule has 0 saturated heterocycles. The summed E-state index contributed by atoms with van der Waals surface area (Å²) in [5.74, 6) is 0. The Labute approximate surface area is 208 Å². The van der Waals surface area contributed by atoms with E-state index in [1.165, 1.54) is 82.6 Å². The Morgan fingerprint density at radius 2 is 1.03 bits per heavy atom. The molecule has 0 spiro atoms. The Kier molecular flexibility index (Phi) is 6.62. The minimum Gasteiger partial charge on any atom is -0.0622 e. The van der Waals surface area contributed by atoms with Crippen molar-refractivity contribution in [2.45, 2.75) is 93.5 Å². The first-order chi connectivity index (χ1) is 16.9. The van der Waals surface area contributed by atoms with E-state index < -0.39 is 7.92 Å². The lowest BCUT2D eigenvalue weighted by Crippen LogP contribution is -2.35. The second-order valence-electron chi connectivity index (χ2n) is 11.1. The quantitative estimate of drug-likeness (QED) is 0.317. The van der Waals surface area contributed by atoms with Gasteiger partial charge in [-0.25, -0.2) is 0 Å². The molecule has 34 heavy (non-hydrogen) atoms. The molecule has 0 aromatic heterocycles. The van der Waals surface area contributed by atoms with Crippen LogP contribution in [0, 0.1) is 0 Å². The van der Waals surface area contributed by atoms with Gasteiger partial charge in [0.15, 0.2) is 0 Å². The van der Waals surface area contributed by atoms with Crippen molar-refractivity contribution >= 4 is 7.92 Å². The molecular formula is C33H40P+. The van der Waals surface area contributed by atoms with Crippen LogP contribution in [0.5, 0.6) is 0 Å². The van der Waals surface area contributed by atoms with Crippen LogP contribution in [0.1, 0.15) is 87.3 Å². The first-order valence-corrected chi connectivity index (χ1v) is 15.6. The third kappa shape index (κ3) is 3.97. The highest BCUT2D eigenvalue weighted by Crippen LogP contribution is 2.74. The van der Waals surface area contributed by atoms with Gasteiger partial charge in [-0.15, -0.1) is 0 Å². The first-order valence-electron chi connectivity index (χ1n) is 14.0. The van der Waals surface area contributed by atoms with Gasteiger partial charge >= 0.3 is 0 Å². The molecule has 0 heterocycles. The van der Waals surface area contributed by atoms with Crippen LogP contribution in [0.15, 0.2) is 78.9 Å². The van der Waals surface area contributed by atoms with Crippen LogP contribution in [-0.4, -0.2) is 11.3 Å². The molecule has 3 aliphatic rings. The Hall–Kier alpha value is -1.91. The van der Waals surface area contributed by atoms with Gasteiger partial charge < -0.3 is 0 Å². The van der Waals surface area contributed by atoms with Gasteiger partial charge in [0.05, 0.1) is 11.3 Å². The van der Waals surface area contributed by atoms with Gasteiger partial charge in [0.2, 0.25) is 0 Å². The predicted octanol–water partition coefficient (Wildman–Crippen LogP) is 9.42. The summed E-state index contributed by atoms with van der Waals surface area (Å²) in [7, 11) is -0.676. The Morgan fingerprint density at radius 3 is 1.56 bits per heavy atom. The molecule has 6 rings (SSSR count). The molecule has 3 aromatic rings. The van der Waals surface area contributed by atoms with Gasteiger partial charge in [-0.1, -0.05) is 91.7 Å². The molecule has 0 atom stereocenters. The van der Waals surface area contributed by atoms with Gasteiger partial charge in [0.25, 0.3) is 0 Å². The summed E-state index contributed by atoms with van der Waals surface area (Å²) >= 11 is 0. The van der Waals surface area contributed by atoms with Crippen LogP contribution in [-0.2, 0) is 11.6 Å². The van der Waals surface area contributed by atoms with Crippen molar-refractivity contribution in [1.29, 1.82) is 0 Å². The highest BCUT2D eigenvalue weighted by atomic mass is 31.1. The average Bonchev–Trinajstić information content (AvgIpc) is 3.20. The fraction of sp³-hybridized carbons (Fsp3) is 0.455. The topological polar surface area (TPSA) is 0 Å². The third-order valence-corrected chi connectivity index (χ3v) is 14.0. The lowest BCUT2D eigenvalue weighted by molar-refractivity contribution is 0.471. The smallest absolute Gasteiger partial charge is 0.0622 e. The van der Waals surface area contributed by atoms with Gasteiger partial charge in [0, 0.05) is 19.0 Å². The molecule has 0 aliphatic heterocycles. The van der Waals surface area contributed by atoms with E-state index in [0.29, 0.717) is 0 Å². The van der Waals surface area contributed by atoms with E-state index >= 15 is 0 Å². The molecule has 0 nitrogen and oxygen atoms in total. The highest BCUT2D eigenvalue weighted by molar-refractivity contribution is 7.60. The minimum atomic E-state index is -0.676. The van der Waals surface area contributed by atoms with Crippen molar-refractivity contribution in [2.75, 3.05) is 0 Å². The number of aryl methyl sites for hydroxylation is 1. The molecule has 2 saturated carbocycles. The molecule has 3 aromatic carbocycles. The lowest BCUT2D eigenvalue weighted by atomic mass is 9.89. The van der Waals surface area contributed by atoms with E-state index in [1.807, 2.05) is 0 Å². The molecule has 0 amide bonds. The zero-order chi connectivity index (χ0) is 22.8. The fourth-order valence-electron chi connectivity index (χ4n) is 7.88. The Balaban J connectivity index is 1.54. The van der Waals surface area contributed by atoms with Gasteiger partial charge in [-0.2, -0.15) is 0 Å². The summed E-state index contributed by atoms with van der Waals surface area (Å²) in [4.78, 5) is 0. The second kappa shape index (κ2) is 9.99. The maximum Gasteiger partial charge on any atom is 0.129 e. The molecule has 2 fully saturated rings. The standard InChI is InChI=1S/C33H39P/c1-4-14-26(15-5-1)24-25-33(31-22-12-10-20-29(31)30-21-11-13-23-32(30)33)34(27-16-6-2-7-17-27)28-18-8-3-9-19-28/h1,4-5,10-15,20-23,27-28H,2-3,6-9,16-19,24-25H2/p+1. The lowest BCUT2D eigenvalue weighted by Gasteiger charge is -2.44. The van der Waals surface area contributed by atoms with Crippen molar-refractivity contribution in [1.82, 2.24) is 0 Å². The van der Waals surface area contributed by atoms with E-state index in [1.54, 1.807) is 22.3 Å². The van der Waals surface area contributed by atoms with Crippen molar-refractivity contribution in [3.8, 4) is 11.1 Å². The minimum absolute atomic E-state index is 0.248. The molecule has 0 radical (unpaired) electrons. The average molecular weight is 468 g/mol. The SMILES string of the molecule is c1ccc(CCC2([PH+](C3CCCCC3)C3CCCCC3)c3ccccc3-c3ccccc32)cc1. The van der Waals surface area contributed by atoms with E-state index in [9.17, 15) is 0 Å². The summed E-state index contributed by atoms with van der Waals surface area (Å²) in [6.45, 7) is 0. The van der Waals surface area contributed by atoms with E-state index in [-0.39, 0.29) is 5.16 Å². The third-order valence-electron chi connectivity index (χ3n) is 9.28. The summed E-state index contributed by atoms with van der Waals surface area (Å²) < 4.78 is 0. The van der Waals surface area contributed by atoms with E-state index in [0.717, 1.165) is 11.3 Å². The zero-order valence-corrected chi connectivity index (χ0v) is 21.6. The van der Waals surface area contributed by atoms with Crippen LogP contribution in [0.25, 0.3) is 11.1 Å². The molecule has 176 valence electrons. The highest BCUT2D eigenvalue weighted by Gasteiger charge is 2.58. The van der Waals surface area contributed by atoms with Crippen LogP contribution in [0.4, 0.5) is 0 Å². The molecule has 0 unspecified atom stereocenters. The molecular weight excluding hydrogens is 427 g/mol. The molecule has 0 N–H and O–H groups in total. The largest absolute Gasteiger partial charge is 0.129 e. The van der Waals surface area contributed by atoms with Crippen LogP contribution < -0.4 is 0 Å². The second-order valence-corrected chi connectivity index (χ2v) is 14.5. The zero-order valence-electron chi connectivity index (χ0n) is 20.6. The van der Waals surface area contributed by atoms with E-state index in [2.05, 4.69) is 78.9 Å². The Bertz CT molecular complexity index is 1020. The van der Waals surface area contributed by atoms with Gasteiger partial charge in [-0.3, -0.25) is 0 Å². The number of hydrogen-bond donors (Lipinski definition) is 0. The number of rotatable bonds is 6. The molecule has 1 heteroatoms. The van der Waals surface area contributed by atoms with Crippen molar-refractivity contribution in [3.05, 3.63) is 95.6 Å². The summed E-state index contributed by atoms with van der Waals surface area (Å²) in [6, 6.07) is 30.5. The molecule has 3 aliphatic carbocycles. The molecule has 0 bridgehead atoms. The fourth-order valence-corrected chi connectivity index (χ4v) is 13.5. The maximum atomic E-state index is 2.54. The number of fused-ring (bicyclic) bond motifs is 3. The van der Waals surface area contributed by atoms with Crippen LogP contribution in [0.2, 0.25) is 0 Å². The van der Waals surface area contributed by atoms with Crippen molar-refractivity contribution in [2.24, 2.45) is 0 Å². The normalized spacial score (nSPS) is 20.3.